The van der Waals surface area contributed by atoms with Crippen LogP contribution in [0.2, 0.25) is 0 Å². The summed E-state index contributed by atoms with van der Waals surface area (Å²) >= 11 is 0. The van der Waals surface area contributed by atoms with Crippen LogP contribution in [-0.4, -0.2) is 67.8 Å². The highest BCUT2D eigenvalue weighted by atomic mass is 19.1. The number of carbonyl (C=O) groups excluding carboxylic acids is 3. The molecule has 0 saturated heterocycles. The molecule has 0 radical (unpaired) electrons. The number of esters is 1. The number of nitrogens with one attached hydrogen (secondary N) is 2. The topological polar surface area (TPSA) is 123 Å². The number of halogens is 4. The van der Waals surface area contributed by atoms with Crippen LogP contribution in [0.5, 0.6) is 0 Å². The van der Waals surface area contributed by atoms with E-state index >= 15 is 0 Å². The van der Waals surface area contributed by atoms with Gasteiger partial charge in [0.15, 0.2) is 0 Å². The number of nitrogens with zero attached hydrogens (tertiary/aromatic N) is 1. The maximum Gasteiger partial charge on any atom is 0.411 e. The fourth-order valence-electron chi connectivity index (χ4n) is 4.88. The van der Waals surface area contributed by atoms with Crippen LogP contribution < -0.4 is 16.4 Å². The van der Waals surface area contributed by atoms with Gasteiger partial charge in [0.05, 0.1) is 11.3 Å². The molecule has 0 aliphatic heterocycles. The van der Waals surface area contributed by atoms with Gasteiger partial charge in [-0.15, -0.1) is 0 Å². The van der Waals surface area contributed by atoms with Crippen molar-refractivity contribution in [1.82, 2.24) is 10.2 Å². The van der Waals surface area contributed by atoms with E-state index in [4.69, 9.17) is 15.2 Å². The van der Waals surface area contributed by atoms with Crippen molar-refractivity contribution in [2.24, 2.45) is 5.73 Å². The van der Waals surface area contributed by atoms with E-state index in [1.54, 1.807) is 24.0 Å². The lowest BCUT2D eigenvalue weighted by Crippen LogP contribution is -2.46. The van der Waals surface area contributed by atoms with Crippen LogP contribution in [0, 0.1) is 30.2 Å². The third-order valence-electron chi connectivity index (χ3n) is 6.99. The maximum absolute atomic E-state index is 13.8. The van der Waals surface area contributed by atoms with Crippen LogP contribution in [0.15, 0.2) is 54.6 Å². The van der Waals surface area contributed by atoms with Crippen molar-refractivity contribution in [2.45, 2.75) is 52.2 Å². The number of amides is 2. The van der Waals surface area contributed by atoms with E-state index < -0.39 is 47.5 Å². The first-order chi connectivity index (χ1) is 22.4. The number of anilines is 1. The molecular formula is C34H40F4N4O5. The molecular weight excluding hydrogens is 620 g/mol. The lowest BCUT2D eigenvalue weighted by Gasteiger charge is -2.25. The molecule has 2 atom stereocenters. The molecule has 13 heteroatoms. The van der Waals surface area contributed by atoms with Gasteiger partial charge in [0.25, 0.3) is 5.91 Å². The van der Waals surface area contributed by atoms with Crippen LogP contribution >= 0.6 is 0 Å². The molecule has 0 aliphatic rings. The van der Waals surface area contributed by atoms with E-state index in [-0.39, 0.29) is 48.8 Å². The Morgan fingerprint density at radius 2 is 1.53 bits per heavy atom. The highest BCUT2D eigenvalue weighted by molar-refractivity contribution is 5.98. The van der Waals surface area contributed by atoms with Gasteiger partial charge < -0.3 is 25.4 Å². The third kappa shape index (κ3) is 11.7. The molecule has 0 spiro atoms. The Bertz CT molecular complexity index is 1510. The molecule has 0 aliphatic carbocycles. The van der Waals surface area contributed by atoms with Gasteiger partial charge in [-0.2, -0.15) is 0 Å². The Labute approximate surface area is 271 Å². The molecule has 2 amide bonds. The Hall–Kier alpha value is -4.49. The van der Waals surface area contributed by atoms with Crippen molar-refractivity contribution >= 4 is 23.7 Å². The zero-order valence-electron chi connectivity index (χ0n) is 26.6. The number of hydrogen-bond acceptors (Lipinski definition) is 7. The Balaban J connectivity index is 1.69. The van der Waals surface area contributed by atoms with Gasteiger partial charge in [-0.3, -0.25) is 10.1 Å². The summed E-state index contributed by atoms with van der Waals surface area (Å²) in [7, 11) is 0. The van der Waals surface area contributed by atoms with Gasteiger partial charge in [0, 0.05) is 49.9 Å². The average molecular weight is 661 g/mol. The molecule has 0 fully saturated rings. The van der Waals surface area contributed by atoms with Gasteiger partial charge in [0.2, 0.25) is 0 Å². The van der Waals surface area contributed by atoms with Crippen LogP contribution in [0.1, 0.15) is 58.5 Å². The van der Waals surface area contributed by atoms with Gasteiger partial charge in [-0.1, -0.05) is 13.8 Å². The summed E-state index contributed by atoms with van der Waals surface area (Å²) in [5, 5.41) is 5.12. The quantitative estimate of drug-likeness (QED) is 0.102. The number of nitrogens with two attached hydrogens (primary N) is 1. The molecule has 9 nitrogen and oxygen atoms in total. The smallest absolute Gasteiger partial charge is 0.411 e. The molecule has 0 saturated carbocycles. The van der Waals surface area contributed by atoms with E-state index in [2.05, 4.69) is 10.6 Å². The van der Waals surface area contributed by atoms with Crippen LogP contribution in [0.25, 0.3) is 0 Å². The maximum atomic E-state index is 13.8. The Morgan fingerprint density at radius 1 is 0.872 bits per heavy atom. The number of rotatable bonds is 16. The summed E-state index contributed by atoms with van der Waals surface area (Å²) in [6.45, 7) is 6.66. The molecule has 254 valence electrons. The van der Waals surface area contributed by atoms with Crippen molar-refractivity contribution in [3.63, 3.8) is 0 Å². The number of hydrogen-bond donors (Lipinski definition) is 3. The molecule has 0 bridgehead atoms. The standard InChI is InChI=1S/C34H40F4N4O5/c1-4-9-42(10-5-2)32(43)23-12-21(3)13-24(17-23)33(44)47-31(29(39)16-22-14-26(36)18-27(37)15-22)20-40-8-11-46-34(45)41-30-7-6-25(35)19-28(30)38/h6-7,12-15,17-19,29,31,40H,4-5,8-11,16,20,39H2,1-3H3,(H,41,45)/t29-,31+/m0/s1. The predicted molar refractivity (Wildman–Crippen MR) is 169 cm³/mol. The number of carbonyl (C=O) groups is 3. The van der Waals surface area contributed by atoms with Crippen molar-refractivity contribution in [2.75, 3.05) is 38.1 Å². The van der Waals surface area contributed by atoms with Crippen molar-refractivity contribution in [3.8, 4) is 0 Å². The minimum atomic E-state index is -1.02. The van der Waals surface area contributed by atoms with Gasteiger partial charge >= 0.3 is 12.1 Å². The average Bonchev–Trinajstić information content (AvgIpc) is 3.00. The molecule has 0 unspecified atom stereocenters. The van der Waals surface area contributed by atoms with Crippen LogP contribution in [-0.2, 0) is 15.9 Å². The molecule has 0 heterocycles. The fourth-order valence-corrected chi connectivity index (χ4v) is 4.88. The molecule has 4 N–H and O–H groups in total. The third-order valence-corrected chi connectivity index (χ3v) is 6.99. The fraction of sp³-hybridized carbons (Fsp3) is 0.382. The van der Waals surface area contributed by atoms with E-state index in [0.717, 1.165) is 43.2 Å². The van der Waals surface area contributed by atoms with E-state index in [0.29, 0.717) is 30.3 Å². The zero-order valence-corrected chi connectivity index (χ0v) is 26.6. The number of aryl methyl sites for hydroxylation is 1. The largest absolute Gasteiger partial charge is 0.456 e. The lowest BCUT2D eigenvalue weighted by molar-refractivity contribution is 0.0237. The first-order valence-electron chi connectivity index (χ1n) is 15.3. The summed E-state index contributed by atoms with van der Waals surface area (Å²) < 4.78 is 65.4. The minimum absolute atomic E-state index is 0.0410. The summed E-state index contributed by atoms with van der Waals surface area (Å²) in [5.41, 5.74) is 7.50. The summed E-state index contributed by atoms with van der Waals surface area (Å²) in [6, 6.07) is 9.44. The Morgan fingerprint density at radius 3 is 2.17 bits per heavy atom. The molecule has 3 aromatic carbocycles. The minimum Gasteiger partial charge on any atom is -0.456 e. The van der Waals surface area contributed by atoms with Crippen LogP contribution in [0.4, 0.5) is 28.0 Å². The first kappa shape index (κ1) is 37.0. The molecule has 3 aromatic rings. The number of ether oxygens (including phenoxy) is 2. The van der Waals surface area contributed by atoms with Crippen molar-refractivity contribution in [3.05, 3.63) is 100 Å². The SMILES string of the molecule is CCCN(CCC)C(=O)c1cc(C)cc(C(=O)O[C@H](CNCCOC(=O)Nc2ccc(F)cc2F)[C@@H](N)Cc2cc(F)cc(F)c2)c1. The molecule has 0 aromatic heterocycles. The second kappa shape index (κ2) is 18.0. The van der Waals surface area contributed by atoms with Crippen molar-refractivity contribution < 1.29 is 41.4 Å². The van der Waals surface area contributed by atoms with Crippen LogP contribution in [0.3, 0.4) is 0 Å². The zero-order chi connectivity index (χ0) is 34.5. The first-order valence-corrected chi connectivity index (χ1v) is 15.3. The summed E-state index contributed by atoms with van der Waals surface area (Å²) in [5.74, 6) is -4.31. The summed E-state index contributed by atoms with van der Waals surface area (Å²) in [4.78, 5) is 40.4. The summed E-state index contributed by atoms with van der Waals surface area (Å²) in [6.07, 6.45) is -0.497. The highest BCUT2D eigenvalue weighted by Crippen LogP contribution is 2.18. The second-order valence-corrected chi connectivity index (χ2v) is 11.1. The van der Waals surface area contributed by atoms with E-state index in [9.17, 15) is 31.9 Å². The Kier molecular flexibility index (Phi) is 14.2. The molecule has 47 heavy (non-hydrogen) atoms. The van der Waals surface area contributed by atoms with Crippen molar-refractivity contribution in [1.29, 1.82) is 0 Å². The second-order valence-electron chi connectivity index (χ2n) is 11.1. The van der Waals surface area contributed by atoms with E-state index in [1.807, 2.05) is 13.8 Å². The highest BCUT2D eigenvalue weighted by Gasteiger charge is 2.25. The molecule has 3 rings (SSSR count). The van der Waals surface area contributed by atoms with Gasteiger partial charge in [-0.25, -0.2) is 27.2 Å². The lowest BCUT2D eigenvalue weighted by atomic mass is 10.0. The normalized spacial score (nSPS) is 12.3. The van der Waals surface area contributed by atoms with E-state index in [1.165, 1.54) is 6.07 Å². The van der Waals surface area contributed by atoms with Gasteiger partial charge in [-0.05, 0) is 79.8 Å². The monoisotopic (exact) mass is 660 g/mol. The number of benzene rings is 3. The van der Waals surface area contributed by atoms with Gasteiger partial charge in [0.1, 0.15) is 36.0 Å². The predicted octanol–water partition coefficient (Wildman–Crippen LogP) is 5.75.